The van der Waals surface area contributed by atoms with E-state index in [4.69, 9.17) is 5.73 Å². The highest BCUT2D eigenvalue weighted by Gasteiger charge is 2.20. The van der Waals surface area contributed by atoms with E-state index in [-0.39, 0.29) is 17.9 Å². The molecule has 2 atom stereocenters. The van der Waals surface area contributed by atoms with Crippen LogP contribution < -0.4 is 11.1 Å². The van der Waals surface area contributed by atoms with Crippen molar-refractivity contribution in [1.82, 2.24) is 10.2 Å². The lowest BCUT2D eigenvalue weighted by Crippen LogP contribution is -2.44. The molecular formula is C16H27N3O. The molecule has 1 rings (SSSR count). The van der Waals surface area contributed by atoms with Gasteiger partial charge >= 0.3 is 0 Å². The number of nitrogens with zero attached hydrogens (tertiary/aromatic N) is 1. The summed E-state index contributed by atoms with van der Waals surface area (Å²) in [6, 6.07) is 9.84. The Morgan fingerprint density at radius 1 is 1.25 bits per heavy atom. The summed E-state index contributed by atoms with van der Waals surface area (Å²) in [6.07, 6.45) is 0. The smallest absolute Gasteiger partial charge is 0.229 e. The van der Waals surface area contributed by atoms with Crippen molar-refractivity contribution in [3.63, 3.8) is 0 Å². The van der Waals surface area contributed by atoms with E-state index in [2.05, 4.69) is 24.1 Å². The van der Waals surface area contributed by atoms with Gasteiger partial charge in [-0.25, -0.2) is 0 Å². The van der Waals surface area contributed by atoms with E-state index in [1.54, 1.807) is 0 Å². The third kappa shape index (κ3) is 4.94. The highest BCUT2D eigenvalue weighted by molar-refractivity contribution is 5.84. The molecule has 0 saturated heterocycles. The van der Waals surface area contributed by atoms with E-state index in [1.165, 1.54) is 0 Å². The van der Waals surface area contributed by atoms with Gasteiger partial charge in [0.2, 0.25) is 5.91 Å². The summed E-state index contributed by atoms with van der Waals surface area (Å²) < 4.78 is 0. The van der Waals surface area contributed by atoms with Crippen molar-refractivity contribution in [3.05, 3.63) is 35.9 Å². The first kappa shape index (κ1) is 16.7. The number of rotatable bonds is 8. The quantitative estimate of drug-likeness (QED) is 0.758. The Labute approximate surface area is 122 Å². The van der Waals surface area contributed by atoms with Crippen LogP contribution in [0, 0.1) is 0 Å². The SMILES string of the molecule is CCN(CC)CC(C)NC(=O)C(CN)c1ccccc1. The molecule has 20 heavy (non-hydrogen) atoms. The second kappa shape index (κ2) is 8.72. The van der Waals surface area contributed by atoms with Crippen LogP contribution in [0.1, 0.15) is 32.3 Å². The summed E-state index contributed by atoms with van der Waals surface area (Å²) in [4.78, 5) is 14.6. The van der Waals surface area contributed by atoms with Crippen LogP contribution in [0.15, 0.2) is 30.3 Å². The standard InChI is InChI=1S/C16H27N3O/c1-4-19(5-2)12-13(3)18-16(20)15(11-17)14-9-7-6-8-10-14/h6-10,13,15H,4-5,11-12,17H2,1-3H3,(H,18,20). The molecule has 112 valence electrons. The lowest BCUT2D eigenvalue weighted by molar-refractivity contribution is -0.123. The number of hydrogen-bond donors (Lipinski definition) is 2. The minimum absolute atomic E-state index is 0.0124. The Kier molecular flexibility index (Phi) is 7.26. The zero-order valence-corrected chi connectivity index (χ0v) is 12.8. The van der Waals surface area contributed by atoms with Gasteiger partial charge in [-0.3, -0.25) is 4.79 Å². The van der Waals surface area contributed by atoms with E-state index < -0.39 is 0 Å². The molecule has 1 amide bonds. The third-order valence-corrected chi connectivity index (χ3v) is 3.57. The van der Waals surface area contributed by atoms with Crippen LogP contribution >= 0.6 is 0 Å². The van der Waals surface area contributed by atoms with Gasteiger partial charge in [0, 0.05) is 19.1 Å². The summed E-state index contributed by atoms with van der Waals surface area (Å²) in [5.74, 6) is -0.256. The maximum atomic E-state index is 12.3. The highest BCUT2D eigenvalue weighted by Crippen LogP contribution is 2.14. The van der Waals surface area contributed by atoms with Gasteiger partial charge in [0.15, 0.2) is 0 Å². The van der Waals surface area contributed by atoms with Crippen molar-refractivity contribution in [3.8, 4) is 0 Å². The maximum absolute atomic E-state index is 12.3. The molecule has 0 aromatic heterocycles. The second-order valence-corrected chi connectivity index (χ2v) is 5.09. The molecule has 0 aliphatic rings. The Morgan fingerprint density at radius 2 is 1.85 bits per heavy atom. The Morgan fingerprint density at radius 3 is 2.35 bits per heavy atom. The van der Waals surface area contributed by atoms with Gasteiger partial charge in [0.1, 0.15) is 0 Å². The lowest BCUT2D eigenvalue weighted by Gasteiger charge is -2.25. The molecule has 0 aliphatic carbocycles. The first-order chi connectivity index (χ1) is 9.62. The summed E-state index contributed by atoms with van der Waals surface area (Å²) in [5.41, 5.74) is 6.74. The van der Waals surface area contributed by atoms with E-state index in [9.17, 15) is 4.79 Å². The molecule has 0 aliphatic heterocycles. The van der Waals surface area contributed by atoms with Crippen LogP contribution in [0.5, 0.6) is 0 Å². The summed E-state index contributed by atoms with van der Waals surface area (Å²) in [7, 11) is 0. The average molecular weight is 277 g/mol. The molecule has 0 heterocycles. The van der Waals surface area contributed by atoms with Crippen LogP contribution in [0.4, 0.5) is 0 Å². The Bertz CT molecular complexity index is 390. The van der Waals surface area contributed by atoms with E-state index in [0.717, 1.165) is 25.2 Å². The van der Waals surface area contributed by atoms with Crippen LogP contribution in [0.25, 0.3) is 0 Å². The number of carbonyl (C=O) groups is 1. The van der Waals surface area contributed by atoms with E-state index in [0.29, 0.717) is 6.54 Å². The number of nitrogens with two attached hydrogens (primary N) is 1. The Hall–Kier alpha value is -1.39. The molecule has 2 unspecified atom stereocenters. The average Bonchev–Trinajstić information content (AvgIpc) is 2.46. The molecule has 0 radical (unpaired) electrons. The van der Waals surface area contributed by atoms with E-state index >= 15 is 0 Å². The largest absolute Gasteiger partial charge is 0.352 e. The fourth-order valence-corrected chi connectivity index (χ4v) is 2.34. The number of carbonyl (C=O) groups excluding carboxylic acids is 1. The minimum Gasteiger partial charge on any atom is -0.352 e. The molecule has 4 heteroatoms. The summed E-state index contributed by atoms with van der Waals surface area (Å²) in [5, 5.41) is 3.07. The molecule has 0 fully saturated rings. The van der Waals surface area contributed by atoms with Crippen LogP contribution in [0.3, 0.4) is 0 Å². The normalized spacial score (nSPS) is 14.1. The number of nitrogens with one attached hydrogen (secondary N) is 1. The van der Waals surface area contributed by atoms with Gasteiger partial charge in [-0.1, -0.05) is 44.2 Å². The monoisotopic (exact) mass is 277 g/mol. The van der Waals surface area contributed by atoms with Gasteiger partial charge in [-0.15, -0.1) is 0 Å². The van der Waals surface area contributed by atoms with Crippen molar-refractivity contribution >= 4 is 5.91 Å². The fraction of sp³-hybridized carbons (Fsp3) is 0.562. The van der Waals surface area contributed by atoms with Gasteiger partial charge in [-0.2, -0.15) is 0 Å². The molecule has 1 aromatic rings. The van der Waals surface area contributed by atoms with Crippen molar-refractivity contribution in [2.45, 2.75) is 32.7 Å². The summed E-state index contributed by atoms with van der Waals surface area (Å²) >= 11 is 0. The number of benzene rings is 1. The van der Waals surface area contributed by atoms with Crippen LogP contribution in [-0.4, -0.2) is 43.0 Å². The molecule has 1 aromatic carbocycles. The lowest BCUT2D eigenvalue weighted by atomic mass is 9.98. The van der Waals surface area contributed by atoms with Crippen molar-refractivity contribution in [1.29, 1.82) is 0 Å². The topological polar surface area (TPSA) is 58.4 Å². The Balaban J connectivity index is 2.60. The minimum atomic E-state index is -0.268. The van der Waals surface area contributed by atoms with Crippen LogP contribution in [0.2, 0.25) is 0 Å². The predicted molar refractivity (Wildman–Crippen MR) is 83.6 cm³/mol. The molecule has 0 bridgehead atoms. The first-order valence-electron chi connectivity index (χ1n) is 7.40. The first-order valence-corrected chi connectivity index (χ1v) is 7.40. The van der Waals surface area contributed by atoms with E-state index in [1.807, 2.05) is 37.3 Å². The van der Waals surface area contributed by atoms with Gasteiger partial charge in [-0.05, 0) is 25.6 Å². The molecule has 0 spiro atoms. The number of amides is 1. The molecule has 3 N–H and O–H groups in total. The van der Waals surface area contributed by atoms with Crippen molar-refractivity contribution in [2.75, 3.05) is 26.2 Å². The van der Waals surface area contributed by atoms with Gasteiger partial charge in [0.25, 0.3) is 0 Å². The van der Waals surface area contributed by atoms with Crippen molar-refractivity contribution in [2.24, 2.45) is 5.73 Å². The number of hydrogen-bond acceptors (Lipinski definition) is 3. The number of likely N-dealkylation sites (N-methyl/N-ethyl adjacent to an activating group) is 1. The van der Waals surface area contributed by atoms with Gasteiger partial charge < -0.3 is 16.0 Å². The van der Waals surface area contributed by atoms with Crippen LogP contribution in [-0.2, 0) is 4.79 Å². The third-order valence-electron chi connectivity index (χ3n) is 3.57. The zero-order chi connectivity index (χ0) is 15.0. The molecular weight excluding hydrogens is 250 g/mol. The zero-order valence-electron chi connectivity index (χ0n) is 12.8. The molecule has 4 nitrogen and oxygen atoms in total. The highest BCUT2D eigenvalue weighted by atomic mass is 16.2. The summed E-state index contributed by atoms with van der Waals surface area (Å²) in [6.45, 7) is 9.48. The fourth-order valence-electron chi connectivity index (χ4n) is 2.34. The molecule has 0 saturated carbocycles. The second-order valence-electron chi connectivity index (χ2n) is 5.09. The van der Waals surface area contributed by atoms with Gasteiger partial charge in [0.05, 0.1) is 5.92 Å². The maximum Gasteiger partial charge on any atom is 0.229 e. The van der Waals surface area contributed by atoms with Crippen molar-refractivity contribution < 1.29 is 4.79 Å². The predicted octanol–water partition coefficient (Wildman–Crippen LogP) is 1.58.